The standard InChI is InChI=1S/C33H35N/c1-8-15-29-28(9-2)33(7)21-20-26(22-31(33)32(29,5)6)23(3)27-18-13-14-19-30(27)34-24(4)25-16-11-10-12-17-25/h8-20,22H,2-3,21H2,1,4-7H3/b15-8-,34-24?. The van der Waals surface area contributed by atoms with Gasteiger partial charge in [-0.15, -0.1) is 0 Å². The molecule has 0 saturated heterocycles. The lowest BCUT2D eigenvalue weighted by Gasteiger charge is -2.36. The average molecular weight is 446 g/mol. The summed E-state index contributed by atoms with van der Waals surface area (Å²) in [5.41, 5.74) is 10.4. The zero-order chi connectivity index (χ0) is 24.5. The van der Waals surface area contributed by atoms with Crippen molar-refractivity contribution in [2.75, 3.05) is 0 Å². The third-order valence-electron chi connectivity index (χ3n) is 7.45. The van der Waals surface area contributed by atoms with Crippen molar-refractivity contribution in [3.8, 4) is 0 Å². The molecule has 0 aliphatic heterocycles. The number of allylic oxidation sites excluding steroid dienone is 10. The molecule has 2 aromatic rings. The molecule has 0 fully saturated rings. The van der Waals surface area contributed by atoms with Crippen LogP contribution in [0.5, 0.6) is 0 Å². The summed E-state index contributed by atoms with van der Waals surface area (Å²) < 4.78 is 0. The van der Waals surface area contributed by atoms with E-state index in [1.807, 2.05) is 24.3 Å². The summed E-state index contributed by atoms with van der Waals surface area (Å²) >= 11 is 0. The van der Waals surface area contributed by atoms with Crippen molar-refractivity contribution in [3.05, 3.63) is 132 Å². The van der Waals surface area contributed by atoms with E-state index in [0.717, 1.165) is 34.5 Å². The molecule has 0 heterocycles. The van der Waals surface area contributed by atoms with E-state index in [-0.39, 0.29) is 10.8 Å². The molecule has 0 radical (unpaired) electrons. The predicted molar refractivity (Wildman–Crippen MR) is 148 cm³/mol. The van der Waals surface area contributed by atoms with Gasteiger partial charge in [-0.05, 0) is 59.8 Å². The van der Waals surface area contributed by atoms with Crippen molar-refractivity contribution >= 4 is 17.0 Å². The average Bonchev–Trinajstić information content (AvgIpc) is 3.01. The highest BCUT2D eigenvalue weighted by molar-refractivity contribution is 6.01. The van der Waals surface area contributed by atoms with Crippen LogP contribution in [-0.2, 0) is 0 Å². The molecule has 1 unspecified atom stereocenters. The maximum absolute atomic E-state index is 4.99. The fourth-order valence-corrected chi connectivity index (χ4v) is 5.62. The first-order valence-corrected chi connectivity index (χ1v) is 12.1. The van der Waals surface area contributed by atoms with E-state index in [1.165, 1.54) is 22.3 Å². The van der Waals surface area contributed by atoms with Crippen molar-refractivity contribution in [1.29, 1.82) is 0 Å². The van der Waals surface area contributed by atoms with Gasteiger partial charge in [-0.1, -0.05) is 113 Å². The van der Waals surface area contributed by atoms with Crippen LogP contribution in [0.2, 0.25) is 0 Å². The van der Waals surface area contributed by atoms with Gasteiger partial charge in [0.2, 0.25) is 0 Å². The third-order valence-corrected chi connectivity index (χ3v) is 7.45. The van der Waals surface area contributed by atoms with Crippen LogP contribution in [0, 0.1) is 10.8 Å². The molecule has 0 saturated carbocycles. The van der Waals surface area contributed by atoms with Gasteiger partial charge < -0.3 is 0 Å². The van der Waals surface area contributed by atoms with E-state index in [9.17, 15) is 0 Å². The van der Waals surface area contributed by atoms with E-state index in [4.69, 9.17) is 4.99 Å². The first-order valence-electron chi connectivity index (χ1n) is 12.1. The highest BCUT2D eigenvalue weighted by atomic mass is 14.7. The number of fused-ring (bicyclic) bond motifs is 1. The molecule has 2 aromatic carbocycles. The molecule has 172 valence electrons. The molecule has 0 N–H and O–H groups in total. The highest BCUT2D eigenvalue weighted by Crippen LogP contribution is 2.61. The summed E-state index contributed by atoms with van der Waals surface area (Å²) in [5.74, 6) is 0. The number of hydrogen-bond donors (Lipinski definition) is 0. The predicted octanol–water partition coefficient (Wildman–Crippen LogP) is 9.20. The summed E-state index contributed by atoms with van der Waals surface area (Å²) in [5, 5.41) is 0. The lowest BCUT2D eigenvalue weighted by Crippen LogP contribution is -2.25. The third kappa shape index (κ3) is 3.90. The normalized spacial score (nSPS) is 21.9. The zero-order valence-corrected chi connectivity index (χ0v) is 21.2. The number of benzene rings is 2. The molecule has 0 aromatic heterocycles. The van der Waals surface area contributed by atoms with Crippen LogP contribution in [-0.4, -0.2) is 5.71 Å². The number of rotatable bonds is 6. The van der Waals surface area contributed by atoms with E-state index >= 15 is 0 Å². The molecule has 0 bridgehead atoms. The Bertz CT molecular complexity index is 1290. The molecule has 0 spiro atoms. The minimum atomic E-state index is -0.0634. The van der Waals surface area contributed by atoms with Crippen LogP contribution in [0.4, 0.5) is 5.69 Å². The molecule has 4 rings (SSSR count). The van der Waals surface area contributed by atoms with Crippen LogP contribution in [0.3, 0.4) is 0 Å². The van der Waals surface area contributed by atoms with Gasteiger partial charge in [0, 0.05) is 22.1 Å². The van der Waals surface area contributed by atoms with Crippen LogP contribution >= 0.6 is 0 Å². The summed E-state index contributed by atoms with van der Waals surface area (Å²) in [6, 6.07) is 18.6. The van der Waals surface area contributed by atoms with E-state index in [0.29, 0.717) is 0 Å². The molecule has 1 heteroatoms. The van der Waals surface area contributed by atoms with E-state index in [2.05, 4.69) is 108 Å². The van der Waals surface area contributed by atoms with Crippen LogP contribution in [0.25, 0.3) is 5.57 Å². The van der Waals surface area contributed by atoms with Gasteiger partial charge in [0.1, 0.15) is 0 Å². The highest BCUT2D eigenvalue weighted by Gasteiger charge is 2.49. The maximum atomic E-state index is 4.99. The van der Waals surface area contributed by atoms with Gasteiger partial charge in [-0.3, -0.25) is 4.99 Å². The molecular formula is C33H35N. The Balaban J connectivity index is 1.74. The largest absolute Gasteiger partial charge is 0.252 e. The minimum absolute atomic E-state index is 0.0363. The van der Waals surface area contributed by atoms with Crippen molar-refractivity contribution in [2.45, 2.75) is 41.0 Å². The Labute approximate surface area is 205 Å². The Morgan fingerprint density at radius 2 is 1.65 bits per heavy atom. The lowest BCUT2D eigenvalue weighted by atomic mass is 9.67. The Morgan fingerprint density at radius 1 is 0.971 bits per heavy atom. The maximum Gasteiger partial charge on any atom is 0.0711 e. The minimum Gasteiger partial charge on any atom is -0.252 e. The van der Waals surface area contributed by atoms with Crippen molar-refractivity contribution in [2.24, 2.45) is 15.8 Å². The number of hydrogen-bond acceptors (Lipinski definition) is 1. The summed E-state index contributed by atoms with van der Waals surface area (Å²) in [4.78, 5) is 4.99. The summed E-state index contributed by atoms with van der Waals surface area (Å²) in [6.45, 7) is 19.9. The molecular weight excluding hydrogens is 410 g/mol. The number of nitrogens with zero attached hydrogens (tertiary/aromatic N) is 1. The SMILES string of the molecule is C=CC1=C(/C=C\C)C(C)(C)C2=CC(C(=C)c3ccccc3N=C(C)c3ccccc3)=CCC21C. The summed E-state index contributed by atoms with van der Waals surface area (Å²) in [7, 11) is 0. The van der Waals surface area contributed by atoms with Crippen molar-refractivity contribution in [1.82, 2.24) is 0 Å². The van der Waals surface area contributed by atoms with Gasteiger partial charge in [-0.25, -0.2) is 0 Å². The van der Waals surface area contributed by atoms with Crippen LogP contribution < -0.4 is 0 Å². The first-order chi connectivity index (χ1) is 16.2. The van der Waals surface area contributed by atoms with Gasteiger partial charge >= 0.3 is 0 Å². The lowest BCUT2D eigenvalue weighted by molar-refractivity contribution is 0.429. The van der Waals surface area contributed by atoms with E-state index < -0.39 is 0 Å². The van der Waals surface area contributed by atoms with Crippen LogP contribution in [0.1, 0.15) is 52.2 Å². The smallest absolute Gasteiger partial charge is 0.0711 e. The second-order valence-corrected chi connectivity index (χ2v) is 9.97. The number of aliphatic imine (C=N–C) groups is 1. The topological polar surface area (TPSA) is 12.4 Å². The quantitative estimate of drug-likeness (QED) is 0.393. The van der Waals surface area contributed by atoms with Crippen molar-refractivity contribution < 1.29 is 0 Å². The fourth-order valence-electron chi connectivity index (χ4n) is 5.62. The second kappa shape index (κ2) is 9.06. The van der Waals surface area contributed by atoms with Gasteiger partial charge in [0.05, 0.1) is 5.69 Å². The van der Waals surface area contributed by atoms with Crippen molar-refractivity contribution in [3.63, 3.8) is 0 Å². The summed E-state index contributed by atoms with van der Waals surface area (Å²) in [6.07, 6.45) is 12.1. The van der Waals surface area contributed by atoms with Gasteiger partial charge in [0.15, 0.2) is 0 Å². The first kappa shape index (κ1) is 23.7. The molecule has 0 amide bonds. The van der Waals surface area contributed by atoms with E-state index in [1.54, 1.807) is 0 Å². The molecule has 2 aliphatic carbocycles. The Morgan fingerprint density at radius 3 is 2.32 bits per heavy atom. The molecule has 2 aliphatic rings. The Kier molecular flexibility index (Phi) is 6.32. The van der Waals surface area contributed by atoms with Crippen LogP contribution in [0.15, 0.2) is 125 Å². The molecule has 1 nitrogen and oxygen atoms in total. The monoisotopic (exact) mass is 445 g/mol. The molecule has 34 heavy (non-hydrogen) atoms. The van der Waals surface area contributed by atoms with Gasteiger partial charge in [-0.2, -0.15) is 0 Å². The Hall–Kier alpha value is -3.45. The molecule has 1 atom stereocenters. The fraction of sp³-hybridized carbons (Fsp3) is 0.242. The number of para-hydroxylation sites is 1. The second-order valence-electron chi connectivity index (χ2n) is 9.97. The van der Waals surface area contributed by atoms with Gasteiger partial charge in [0.25, 0.3) is 0 Å². The zero-order valence-electron chi connectivity index (χ0n) is 21.2.